The fourth-order valence-corrected chi connectivity index (χ4v) is 3.93. The monoisotopic (exact) mass is 475 g/mol. The molecule has 0 amide bonds. The second-order valence-electron chi connectivity index (χ2n) is 5.10. The van der Waals surface area contributed by atoms with Crippen LogP contribution in [0.25, 0.3) is 0 Å². The Bertz CT molecular complexity index is 837. The van der Waals surface area contributed by atoms with Gasteiger partial charge in [-0.25, -0.2) is 8.42 Å². The summed E-state index contributed by atoms with van der Waals surface area (Å²) in [6, 6.07) is 12.3. The third-order valence-corrected chi connectivity index (χ3v) is 5.50. The second-order valence-corrected chi connectivity index (χ2v) is 8.40. The number of sulfonamides is 1. The van der Waals surface area contributed by atoms with Gasteiger partial charge in [0.2, 0.25) is 0 Å². The van der Waals surface area contributed by atoms with Crippen molar-refractivity contribution in [2.45, 2.75) is 18.7 Å². The van der Waals surface area contributed by atoms with Gasteiger partial charge >= 0.3 is 0 Å². The molecular weight excluding hydrogens is 457 g/mol. The van der Waals surface area contributed by atoms with Crippen molar-refractivity contribution in [2.75, 3.05) is 16.6 Å². The van der Waals surface area contributed by atoms with Gasteiger partial charge in [0.05, 0.1) is 5.69 Å². The molecular formula is C16H18IN3O2S2. The van der Waals surface area contributed by atoms with Crippen LogP contribution in [0.2, 0.25) is 0 Å². The van der Waals surface area contributed by atoms with Crippen LogP contribution in [-0.2, 0) is 10.0 Å². The summed E-state index contributed by atoms with van der Waals surface area (Å²) in [7, 11) is -3.74. The van der Waals surface area contributed by atoms with E-state index in [1.165, 1.54) is 0 Å². The summed E-state index contributed by atoms with van der Waals surface area (Å²) in [5, 5.41) is 6.27. The summed E-state index contributed by atoms with van der Waals surface area (Å²) < 4.78 is 29.2. The van der Waals surface area contributed by atoms with Crippen molar-refractivity contribution >= 4 is 61.3 Å². The van der Waals surface area contributed by atoms with Gasteiger partial charge in [-0.3, -0.25) is 4.72 Å². The molecule has 5 nitrogen and oxygen atoms in total. The van der Waals surface area contributed by atoms with Crippen LogP contribution < -0.4 is 15.4 Å². The molecule has 0 fully saturated rings. The molecule has 128 valence electrons. The number of rotatable bonds is 5. The lowest BCUT2D eigenvalue weighted by Crippen LogP contribution is -2.29. The Hall–Kier alpha value is -1.39. The Balaban J connectivity index is 2.35. The Kier molecular flexibility index (Phi) is 6.41. The minimum Gasteiger partial charge on any atom is -0.363 e. The largest absolute Gasteiger partial charge is 0.363 e. The first-order chi connectivity index (χ1) is 11.3. The Morgan fingerprint density at radius 3 is 2.46 bits per heavy atom. The van der Waals surface area contributed by atoms with Crippen LogP contribution in [0.4, 0.5) is 11.4 Å². The number of benzene rings is 2. The van der Waals surface area contributed by atoms with Gasteiger partial charge in [0.25, 0.3) is 10.0 Å². The molecule has 0 unspecified atom stereocenters. The summed E-state index contributed by atoms with van der Waals surface area (Å²) in [5.74, 6) is 0. The lowest BCUT2D eigenvalue weighted by molar-refractivity contribution is 0.601. The summed E-state index contributed by atoms with van der Waals surface area (Å²) in [5.41, 5.74) is 1.79. The molecule has 0 saturated heterocycles. The predicted molar refractivity (Wildman–Crippen MR) is 111 cm³/mol. The van der Waals surface area contributed by atoms with Crippen molar-refractivity contribution in [3.8, 4) is 0 Å². The first-order valence-corrected chi connectivity index (χ1v) is 10.2. The van der Waals surface area contributed by atoms with Crippen molar-refractivity contribution < 1.29 is 8.42 Å². The Morgan fingerprint density at radius 1 is 1.17 bits per heavy atom. The van der Waals surface area contributed by atoms with Crippen molar-refractivity contribution in [1.82, 2.24) is 5.32 Å². The molecule has 3 N–H and O–H groups in total. The van der Waals surface area contributed by atoms with Gasteiger partial charge in [0, 0.05) is 15.8 Å². The van der Waals surface area contributed by atoms with Crippen molar-refractivity contribution in [2.24, 2.45) is 0 Å². The van der Waals surface area contributed by atoms with E-state index in [0.717, 1.165) is 9.13 Å². The van der Waals surface area contributed by atoms with Gasteiger partial charge in [0.1, 0.15) is 4.90 Å². The molecule has 0 radical (unpaired) electrons. The number of hydrogen-bond donors (Lipinski definition) is 3. The number of aryl methyl sites for hydroxylation is 1. The van der Waals surface area contributed by atoms with E-state index in [0.29, 0.717) is 23.0 Å². The fraction of sp³-hybridized carbons (Fsp3) is 0.188. The normalized spacial score (nSPS) is 11.0. The summed E-state index contributed by atoms with van der Waals surface area (Å²) in [6.45, 7) is 4.41. The molecule has 2 rings (SSSR count). The Morgan fingerprint density at radius 2 is 1.83 bits per heavy atom. The van der Waals surface area contributed by atoms with Gasteiger partial charge in [-0.05, 0) is 90.6 Å². The summed E-state index contributed by atoms with van der Waals surface area (Å²) >= 11 is 7.32. The van der Waals surface area contributed by atoms with Crippen LogP contribution in [-0.4, -0.2) is 20.1 Å². The molecule has 0 aliphatic carbocycles. The average molecular weight is 475 g/mol. The molecule has 0 heterocycles. The molecule has 0 aliphatic heterocycles. The molecule has 0 atom stereocenters. The first-order valence-electron chi connectivity index (χ1n) is 7.25. The minimum absolute atomic E-state index is 0.154. The molecule has 0 aromatic heterocycles. The molecule has 0 saturated carbocycles. The van der Waals surface area contributed by atoms with Crippen LogP contribution in [0.3, 0.4) is 0 Å². The van der Waals surface area contributed by atoms with E-state index < -0.39 is 10.0 Å². The maximum atomic E-state index is 12.8. The molecule has 8 heteroatoms. The van der Waals surface area contributed by atoms with Crippen LogP contribution in [0, 0.1) is 10.5 Å². The SMILES string of the molecule is CCNC(=S)Nc1ccc(C)cc1S(=O)(=O)Nc1ccc(I)cc1. The zero-order valence-corrected chi connectivity index (χ0v) is 17.1. The van der Waals surface area contributed by atoms with Gasteiger partial charge < -0.3 is 10.6 Å². The highest BCUT2D eigenvalue weighted by atomic mass is 127. The van der Waals surface area contributed by atoms with E-state index in [9.17, 15) is 8.42 Å². The van der Waals surface area contributed by atoms with E-state index in [1.807, 2.05) is 32.0 Å². The average Bonchev–Trinajstić information content (AvgIpc) is 2.51. The smallest absolute Gasteiger partial charge is 0.263 e. The highest BCUT2D eigenvalue weighted by Gasteiger charge is 2.19. The van der Waals surface area contributed by atoms with E-state index in [2.05, 4.69) is 37.9 Å². The Labute approximate surface area is 161 Å². The van der Waals surface area contributed by atoms with Crippen molar-refractivity contribution in [3.05, 3.63) is 51.6 Å². The van der Waals surface area contributed by atoms with Gasteiger partial charge in [0.15, 0.2) is 5.11 Å². The number of halogens is 1. The standard InChI is InChI=1S/C16H18IN3O2S2/c1-3-18-16(23)19-14-9-4-11(2)10-15(14)24(21,22)20-13-7-5-12(17)6-8-13/h4-10,20H,3H2,1-2H3,(H2,18,19,23). The fourth-order valence-electron chi connectivity index (χ4n) is 2.01. The number of thiocarbonyl (C=S) groups is 1. The number of nitrogens with one attached hydrogen (secondary N) is 3. The third-order valence-electron chi connectivity index (χ3n) is 3.11. The lowest BCUT2D eigenvalue weighted by atomic mass is 10.2. The summed E-state index contributed by atoms with van der Waals surface area (Å²) in [6.07, 6.45) is 0. The first kappa shape index (κ1) is 18.9. The minimum atomic E-state index is -3.74. The highest BCUT2D eigenvalue weighted by Crippen LogP contribution is 2.25. The van der Waals surface area contributed by atoms with Crippen molar-refractivity contribution in [3.63, 3.8) is 0 Å². The highest BCUT2D eigenvalue weighted by molar-refractivity contribution is 14.1. The molecule has 2 aromatic rings. The van der Waals surface area contributed by atoms with Gasteiger partial charge in [-0.15, -0.1) is 0 Å². The molecule has 2 aromatic carbocycles. The maximum Gasteiger partial charge on any atom is 0.263 e. The lowest BCUT2D eigenvalue weighted by Gasteiger charge is -2.15. The van der Waals surface area contributed by atoms with E-state index >= 15 is 0 Å². The number of hydrogen-bond acceptors (Lipinski definition) is 3. The van der Waals surface area contributed by atoms with E-state index in [4.69, 9.17) is 12.2 Å². The molecule has 0 bridgehead atoms. The third kappa shape index (κ3) is 5.05. The second kappa shape index (κ2) is 8.13. The van der Waals surface area contributed by atoms with E-state index in [1.54, 1.807) is 24.3 Å². The predicted octanol–water partition coefficient (Wildman–Crippen LogP) is 3.71. The maximum absolute atomic E-state index is 12.8. The van der Waals surface area contributed by atoms with Crippen LogP contribution in [0.5, 0.6) is 0 Å². The quantitative estimate of drug-likeness (QED) is 0.455. The van der Waals surface area contributed by atoms with Crippen LogP contribution in [0.1, 0.15) is 12.5 Å². The zero-order chi connectivity index (χ0) is 17.7. The van der Waals surface area contributed by atoms with Crippen LogP contribution >= 0.6 is 34.8 Å². The van der Waals surface area contributed by atoms with E-state index in [-0.39, 0.29) is 4.90 Å². The topological polar surface area (TPSA) is 70.2 Å². The van der Waals surface area contributed by atoms with Crippen molar-refractivity contribution in [1.29, 1.82) is 0 Å². The molecule has 0 spiro atoms. The zero-order valence-electron chi connectivity index (χ0n) is 13.3. The molecule has 24 heavy (non-hydrogen) atoms. The number of anilines is 2. The van der Waals surface area contributed by atoms with Crippen LogP contribution in [0.15, 0.2) is 47.4 Å². The summed E-state index contributed by atoms with van der Waals surface area (Å²) in [4.78, 5) is 0.154. The molecule has 0 aliphatic rings. The van der Waals surface area contributed by atoms with Gasteiger partial charge in [-0.1, -0.05) is 6.07 Å². The van der Waals surface area contributed by atoms with Gasteiger partial charge in [-0.2, -0.15) is 0 Å².